The maximum atomic E-state index is 13.3. The van der Waals surface area contributed by atoms with E-state index in [-0.39, 0.29) is 6.04 Å². The molecule has 1 fully saturated rings. The minimum absolute atomic E-state index is 0.208. The maximum Gasteiger partial charge on any atom is 0.149 e. The zero-order chi connectivity index (χ0) is 10.7. The molecule has 2 atom stereocenters. The Balaban J connectivity index is 1.98. The van der Waals surface area contributed by atoms with Crippen LogP contribution in [0.1, 0.15) is 6.42 Å². The fraction of sp³-hybridized carbons (Fsp3) is 0.364. The summed E-state index contributed by atoms with van der Waals surface area (Å²) in [6, 6.07) is 7.02. The highest BCUT2D eigenvalue weighted by Gasteiger charge is 2.25. The largest absolute Gasteiger partial charge is 0.379 e. The fourth-order valence-corrected chi connectivity index (χ4v) is 1.65. The van der Waals surface area contributed by atoms with Crippen LogP contribution in [0.15, 0.2) is 24.3 Å². The summed E-state index contributed by atoms with van der Waals surface area (Å²) in [5, 5.41) is 3.79. The van der Waals surface area contributed by atoms with E-state index in [1.54, 1.807) is 12.1 Å². The molecule has 4 heteroatoms. The van der Waals surface area contributed by atoms with E-state index in [0.717, 1.165) is 5.69 Å². The molecule has 1 N–H and O–H groups in total. The molecule has 0 saturated carbocycles. The average molecular weight is 229 g/mol. The second-order valence-corrected chi connectivity index (χ2v) is 3.93. The molecule has 2 rings (SSSR count). The number of benzene rings is 1. The predicted molar refractivity (Wildman–Crippen MR) is 58.6 cm³/mol. The van der Waals surface area contributed by atoms with Crippen LogP contribution in [-0.2, 0) is 4.74 Å². The first-order valence-corrected chi connectivity index (χ1v) is 5.24. The number of anilines is 1. The van der Waals surface area contributed by atoms with Crippen LogP contribution < -0.4 is 5.32 Å². The summed E-state index contributed by atoms with van der Waals surface area (Å²) in [6.45, 7) is 1.81. The van der Waals surface area contributed by atoms with Gasteiger partial charge >= 0.3 is 0 Å². The van der Waals surface area contributed by atoms with E-state index in [4.69, 9.17) is 16.3 Å². The number of alkyl halides is 1. The standard InChI is InChI=1S/C11H12ClFNO/c12-8-1-3-9(4-2-8)14-11-5-6-15-7-10(11)13/h1-4,7,10-11,14H,5-6H2. The van der Waals surface area contributed by atoms with E-state index in [0.29, 0.717) is 18.1 Å². The second-order valence-electron chi connectivity index (χ2n) is 3.50. The first-order valence-electron chi connectivity index (χ1n) is 4.87. The van der Waals surface area contributed by atoms with Gasteiger partial charge in [-0.05, 0) is 30.7 Å². The molecule has 1 radical (unpaired) electrons. The summed E-state index contributed by atoms with van der Waals surface area (Å²) >= 11 is 5.76. The van der Waals surface area contributed by atoms with E-state index < -0.39 is 6.17 Å². The number of hydrogen-bond donors (Lipinski definition) is 1. The lowest BCUT2D eigenvalue weighted by Gasteiger charge is -2.27. The van der Waals surface area contributed by atoms with E-state index in [9.17, 15) is 4.39 Å². The highest BCUT2D eigenvalue weighted by atomic mass is 35.5. The third-order valence-corrected chi connectivity index (χ3v) is 2.61. The maximum absolute atomic E-state index is 13.3. The molecule has 1 heterocycles. The second kappa shape index (κ2) is 4.81. The van der Waals surface area contributed by atoms with Crippen LogP contribution >= 0.6 is 11.6 Å². The average Bonchev–Trinajstić information content (AvgIpc) is 2.25. The van der Waals surface area contributed by atoms with Crippen molar-refractivity contribution in [1.82, 2.24) is 0 Å². The Morgan fingerprint density at radius 1 is 1.33 bits per heavy atom. The van der Waals surface area contributed by atoms with Gasteiger partial charge in [-0.3, -0.25) is 0 Å². The van der Waals surface area contributed by atoms with Crippen molar-refractivity contribution in [3.05, 3.63) is 35.9 Å². The van der Waals surface area contributed by atoms with Crippen LogP contribution in [0, 0.1) is 6.61 Å². The van der Waals surface area contributed by atoms with Crippen molar-refractivity contribution in [1.29, 1.82) is 0 Å². The fourth-order valence-electron chi connectivity index (χ4n) is 1.52. The Labute approximate surface area is 93.4 Å². The summed E-state index contributed by atoms with van der Waals surface area (Å²) in [6.07, 6.45) is -0.394. The van der Waals surface area contributed by atoms with Gasteiger partial charge in [-0.15, -0.1) is 0 Å². The molecule has 1 aromatic carbocycles. The van der Waals surface area contributed by atoms with E-state index in [1.807, 2.05) is 12.1 Å². The van der Waals surface area contributed by atoms with Crippen molar-refractivity contribution in [2.24, 2.45) is 0 Å². The van der Waals surface area contributed by atoms with Crippen molar-refractivity contribution in [2.75, 3.05) is 11.9 Å². The number of halogens is 2. The van der Waals surface area contributed by atoms with Gasteiger partial charge in [0.15, 0.2) is 0 Å². The molecule has 1 aromatic rings. The molecule has 1 saturated heterocycles. The van der Waals surface area contributed by atoms with Crippen molar-refractivity contribution in [3.8, 4) is 0 Å². The smallest absolute Gasteiger partial charge is 0.149 e. The van der Waals surface area contributed by atoms with Gasteiger partial charge in [0.1, 0.15) is 12.8 Å². The van der Waals surface area contributed by atoms with Crippen molar-refractivity contribution < 1.29 is 9.13 Å². The Morgan fingerprint density at radius 2 is 2.07 bits per heavy atom. The van der Waals surface area contributed by atoms with Crippen LogP contribution in [-0.4, -0.2) is 18.8 Å². The van der Waals surface area contributed by atoms with Gasteiger partial charge < -0.3 is 10.1 Å². The van der Waals surface area contributed by atoms with Crippen LogP contribution in [0.25, 0.3) is 0 Å². The molecule has 2 unspecified atom stereocenters. The molecule has 0 aliphatic carbocycles. The summed E-state index contributed by atoms with van der Waals surface area (Å²) in [7, 11) is 0. The van der Waals surface area contributed by atoms with Gasteiger partial charge in [0.05, 0.1) is 6.04 Å². The Hall–Kier alpha value is -0.800. The summed E-state index contributed by atoms with van der Waals surface area (Å²) in [5.74, 6) is 0. The summed E-state index contributed by atoms with van der Waals surface area (Å²) in [4.78, 5) is 0. The van der Waals surface area contributed by atoms with E-state index >= 15 is 0 Å². The van der Waals surface area contributed by atoms with Crippen molar-refractivity contribution in [3.63, 3.8) is 0 Å². The molecular formula is C11H12ClFNO. The first-order chi connectivity index (χ1) is 7.25. The Kier molecular flexibility index (Phi) is 3.44. The molecule has 0 bridgehead atoms. The first kappa shape index (κ1) is 10.7. The minimum atomic E-state index is -1.06. The minimum Gasteiger partial charge on any atom is -0.379 e. The van der Waals surface area contributed by atoms with Crippen molar-refractivity contribution in [2.45, 2.75) is 18.6 Å². The van der Waals surface area contributed by atoms with Crippen LogP contribution in [0.2, 0.25) is 5.02 Å². The molecule has 1 aliphatic heterocycles. The van der Waals surface area contributed by atoms with Crippen LogP contribution in [0.3, 0.4) is 0 Å². The summed E-state index contributed by atoms with van der Waals surface area (Å²) < 4.78 is 18.3. The normalized spacial score (nSPS) is 26.3. The lowest BCUT2D eigenvalue weighted by Crippen LogP contribution is -2.36. The molecular weight excluding hydrogens is 217 g/mol. The zero-order valence-electron chi connectivity index (χ0n) is 8.12. The quantitative estimate of drug-likeness (QED) is 0.840. The molecule has 15 heavy (non-hydrogen) atoms. The van der Waals surface area contributed by atoms with Gasteiger partial charge in [-0.1, -0.05) is 11.6 Å². The molecule has 81 valence electrons. The number of hydrogen-bond acceptors (Lipinski definition) is 2. The van der Waals surface area contributed by atoms with Gasteiger partial charge in [0.25, 0.3) is 0 Å². The zero-order valence-corrected chi connectivity index (χ0v) is 8.88. The SMILES string of the molecule is FC1[CH]OCCC1Nc1ccc(Cl)cc1. The molecule has 1 aliphatic rings. The van der Waals surface area contributed by atoms with E-state index in [2.05, 4.69) is 5.32 Å². The lowest BCUT2D eigenvalue weighted by molar-refractivity contribution is 0.0847. The van der Waals surface area contributed by atoms with Gasteiger partial charge in [-0.2, -0.15) is 0 Å². The number of ether oxygens (including phenoxy) is 1. The summed E-state index contributed by atoms with van der Waals surface area (Å²) in [5.41, 5.74) is 0.877. The van der Waals surface area contributed by atoms with E-state index in [1.165, 1.54) is 6.61 Å². The van der Waals surface area contributed by atoms with Gasteiger partial charge in [0, 0.05) is 17.3 Å². The van der Waals surface area contributed by atoms with Gasteiger partial charge in [-0.25, -0.2) is 4.39 Å². The monoisotopic (exact) mass is 228 g/mol. The van der Waals surface area contributed by atoms with Crippen molar-refractivity contribution >= 4 is 17.3 Å². The Morgan fingerprint density at radius 3 is 2.73 bits per heavy atom. The number of rotatable bonds is 2. The topological polar surface area (TPSA) is 21.3 Å². The molecule has 2 nitrogen and oxygen atoms in total. The molecule has 0 amide bonds. The number of nitrogens with one attached hydrogen (secondary N) is 1. The third kappa shape index (κ3) is 2.83. The highest BCUT2D eigenvalue weighted by molar-refractivity contribution is 6.30. The predicted octanol–water partition coefficient (Wildman–Crippen LogP) is 3.04. The Bertz CT molecular complexity index is 317. The third-order valence-electron chi connectivity index (χ3n) is 2.35. The lowest BCUT2D eigenvalue weighted by atomic mass is 10.1. The molecule has 0 aromatic heterocycles. The van der Waals surface area contributed by atoms with Crippen LogP contribution in [0.5, 0.6) is 0 Å². The van der Waals surface area contributed by atoms with Gasteiger partial charge in [0.2, 0.25) is 0 Å². The molecule has 0 spiro atoms. The highest BCUT2D eigenvalue weighted by Crippen LogP contribution is 2.20. The van der Waals surface area contributed by atoms with Crippen LogP contribution in [0.4, 0.5) is 10.1 Å².